The summed E-state index contributed by atoms with van der Waals surface area (Å²) in [6, 6.07) is 14.3. The fourth-order valence-corrected chi connectivity index (χ4v) is 3.50. The number of methoxy groups -OCH3 is 1. The van der Waals surface area contributed by atoms with E-state index in [9.17, 15) is 0 Å². The second-order valence-corrected chi connectivity index (χ2v) is 6.67. The quantitative estimate of drug-likeness (QED) is 0.725. The lowest BCUT2D eigenvalue weighted by atomic mass is 10.0. The fourth-order valence-electron chi connectivity index (χ4n) is 3.50. The Hall–Kier alpha value is -3.28. The van der Waals surface area contributed by atoms with Crippen LogP contribution in [0.5, 0.6) is 5.75 Å². The predicted molar refractivity (Wildman–Crippen MR) is 109 cm³/mol. The number of hydrogen-bond acceptors (Lipinski definition) is 6. The summed E-state index contributed by atoms with van der Waals surface area (Å²) in [6.45, 7) is 2.91. The van der Waals surface area contributed by atoms with Gasteiger partial charge in [0.25, 0.3) is 0 Å². The molecular weight excluding hydrogens is 338 g/mol. The van der Waals surface area contributed by atoms with Gasteiger partial charge in [0.05, 0.1) is 12.8 Å². The number of rotatable bonds is 4. The molecule has 0 unspecified atom stereocenters. The zero-order chi connectivity index (χ0) is 18.8. The summed E-state index contributed by atoms with van der Waals surface area (Å²) in [5.41, 5.74) is 11.4. The summed E-state index contributed by atoms with van der Waals surface area (Å²) in [7, 11) is 1.65. The molecule has 0 bridgehead atoms. The van der Waals surface area contributed by atoms with Crippen LogP contribution in [0, 0.1) is 6.92 Å². The second kappa shape index (κ2) is 7.15. The molecule has 4 rings (SSSR count). The number of fused-ring (bicyclic) bond motifs is 1. The van der Waals surface area contributed by atoms with Crippen molar-refractivity contribution in [2.24, 2.45) is 0 Å². The number of benzene rings is 2. The molecular formula is C21H23N5O. The van der Waals surface area contributed by atoms with Gasteiger partial charge in [0.15, 0.2) is 11.6 Å². The van der Waals surface area contributed by atoms with Crippen LogP contribution in [0.2, 0.25) is 0 Å². The van der Waals surface area contributed by atoms with Gasteiger partial charge in [-0.3, -0.25) is 0 Å². The largest absolute Gasteiger partial charge is 0.495 e. The molecule has 1 aliphatic rings. The third-order valence-corrected chi connectivity index (χ3v) is 4.84. The van der Waals surface area contributed by atoms with Crippen molar-refractivity contribution in [3.8, 4) is 5.75 Å². The highest BCUT2D eigenvalue weighted by Crippen LogP contribution is 2.38. The highest BCUT2D eigenvalue weighted by Gasteiger charge is 2.22. The van der Waals surface area contributed by atoms with Gasteiger partial charge in [-0.25, -0.2) is 9.97 Å². The molecule has 1 aliphatic heterocycles. The van der Waals surface area contributed by atoms with Crippen LogP contribution in [0.15, 0.2) is 48.8 Å². The van der Waals surface area contributed by atoms with E-state index in [4.69, 9.17) is 10.5 Å². The Labute approximate surface area is 159 Å². The molecule has 27 heavy (non-hydrogen) atoms. The van der Waals surface area contributed by atoms with Crippen LogP contribution in [-0.4, -0.2) is 23.6 Å². The standard InChI is InChI=1S/C21H23N5O/c1-14-9-10-18(27-2)16(12-14)25-20-19(22)21(24-13-23-20)26-11-5-7-15-6-3-4-8-17(15)26/h3-4,6,8-10,12-13H,5,7,11,22H2,1-2H3,(H,23,24,25). The Morgan fingerprint density at radius 1 is 1.15 bits per heavy atom. The maximum absolute atomic E-state index is 6.48. The topological polar surface area (TPSA) is 76.3 Å². The Kier molecular flexibility index (Phi) is 4.54. The van der Waals surface area contributed by atoms with Gasteiger partial charge in [0.1, 0.15) is 17.8 Å². The minimum Gasteiger partial charge on any atom is -0.495 e. The predicted octanol–water partition coefficient (Wildman–Crippen LogP) is 4.20. The molecule has 0 saturated heterocycles. The molecule has 0 aliphatic carbocycles. The van der Waals surface area contributed by atoms with Crippen LogP contribution >= 0.6 is 0 Å². The van der Waals surface area contributed by atoms with Crippen LogP contribution in [0.4, 0.5) is 28.7 Å². The van der Waals surface area contributed by atoms with Gasteiger partial charge in [-0.1, -0.05) is 24.3 Å². The number of nitrogens with one attached hydrogen (secondary N) is 1. The monoisotopic (exact) mass is 361 g/mol. The van der Waals surface area contributed by atoms with E-state index in [2.05, 4.69) is 38.4 Å². The highest BCUT2D eigenvalue weighted by molar-refractivity contribution is 5.83. The minimum atomic E-state index is 0.526. The van der Waals surface area contributed by atoms with Crippen LogP contribution in [0.1, 0.15) is 17.5 Å². The first-order chi connectivity index (χ1) is 13.2. The number of aromatic nitrogens is 2. The molecule has 0 saturated carbocycles. The van der Waals surface area contributed by atoms with Gasteiger partial charge in [-0.05, 0) is 49.1 Å². The number of nitrogens with zero attached hydrogens (tertiary/aromatic N) is 3. The number of nitrogens with two attached hydrogens (primary N) is 1. The van der Waals surface area contributed by atoms with Crippen molar-refractivity contribution in [3.05, 3.63) is 59.9 Å². The zero-order valence-electron chi connectivity index (χ0n) is 15.6. The molecule has 0 fully saturated rings. The van der Waals surface area contributed by atoms with Crippen molar-refractivity contribution in [1.29, 1.82) is 0 Å². The van der Waals surface area contributed by atoms with Crippen molar-refractivity contribution in [2.75, 3.05) is 29.6 Å². The molecule has 1 aromatic heterocycles. The van der Waals surface area contributed by atoms with Crippen LogP contribution in [0.3, 0.4) is 0 Å². The van der Waals surface area contributed by atoms with Crippen molar-refractivity contribution in [3.63, 3.8) is 0 Å². The van der Waals surface area contributed by atoms with Gasteiger partial charge in [-0.2, -0.15) is 0 Å². The molecule has 0 spiro atoms. The van der Waals surface area contributed by atoms with Crippen molar-refractivity contribution >= 4 is 28.7 Å². The van der Waals surface area contributed by atoms with Gasteiger partial charge in [0.2, 0.25) is 0 Å². The molecule has 6 nitrogen and oxygen atoms in total. The first-order valence-electron chi connectivity index (χ1n) is 9.05. The molecule has 2 heterocycles. The third-order valence-electron chi connectivity index (χ3n) is 4.84. The summed E-state index contributed by atoms with van der Waals surface area (Å²) in [5, 5.41) is 3.31. The summed E-state index contributed by atoms with van der Waals surface area (Å²) in [5.74, 6) is 2.04. The van der Waals surface area contributed by atoms with Crippen molar-refractivity contribution in [1.82, 2.24) is 9.97 Å². The summed E-state index contributed by atoms with van der Waals surface area (Å²) < 4.78 is 5.45. The number of nitrogen functional groups attached to an aromatic ring is 1. The Morgan fingerprint density at radius 2 is 2.00 bits per heavy atom. The average Bonchev–Trinajstić information content (AvgIpc) is 2.69. The van der Waals surface area contributed by atoms with E-state index in [0.717, 1.165) is 47.9 Å². The van der Waals surface area contributed by atoms with E-state index in [1.54, 1.807) is 13.4 Å². The smallest absolute Gasteiger partial charge is 0.161 e. The number of ether oxygens (including phenoxy) is 1. The normalized spacial score (nSPS) is 13.2. The molecule has 138 valence electrons. The average molecular weight is 361 g/mol. The molecule has 3 N–H and O–H groups in total. The van der Waals surface area contributed by atoms with Crippen molar-refractivity contribution < 1.29 is 4.74 Å². The summed E-state index contributed by atoms with van der Waals surface area (Å²) in [6.07, 6.45) is 3.69. The molecule has 0 atom stereocenters. The zero-order valence-corrected chi connectivity index (χ0v) is 15.6. The first-order valence-corrected chi connectivity index (χ1v) is 9.05. The SMILES string of the molecule is COc1ccc(C)cc1Nc1ncnc(N2CCCc3ccccc32)c1N. The van der Waals surface area contributed by atoms with Gasteiger partial charge in [-0.15, -0.1) is 0 Å². The summed E-state index contributed by atoms with van der Waals surface area (Å²) in [4.78, 5) is 11.0. The van der Waals surface area contributed by atoms with Crippen LogP contribution in [0.25, 0.3) is 0 Å². The van der Waals surface area contributed by atoms with E-state index in [-0.39, 0.29) is 0 Å². The number of hydrogen-bond donors (Lipinski definition) is 2. The van der Waals surface area contributed by atoms with E-state index < -0.39 is 0 Å². The van der Waals surface area contributed by atoms with Gasteiger partial charge < -0.3 is 20.7 Å². The Morgan fingerprint density at radius 3 is 2.85 bits per heavy atom. The van der Waals surface area contributed by atoms with E-state index in [0.29, 0.717) is 11.5 Å². The molecule has 6 heteroatoms. The number of aryl methyl sites for hydroxylation is 2. The molecule has 0 radical (unpaired) electrons. The lowest BCUT2D eigenvalue weighted by Crippen LogP contribution is -2.26. The number of para-hydroxylation sites is 1. The van der Waals surface area contributed by atoms with Crippen LogP contribution < -0.4 is 20.7 Å². The second-order valence-electron chi connectivity index (χ2n) is 6.67. The first kappa shape index (κ1) is 17.1. The lowest BCUT2D eigenvalue weighted by Gasteiger charge is -2.31. The van der Waals surface area contributed by atoms with E-state index in [1.807, 2.05) is 31.2 Å². The van der Waals surface area contributed by atoms with Gasteiger partial charge >= 0.3 is 0 Å². The lowest BCUT2D eigenvalue weighted by molar-refractivity contribution is 0.416. The highest BCUT2D eigenvalue weighted by atomic mass is 16.5. The number of anilines is 5. The maximum Gasteiger partial charge on any atom is 0.161 e. The third kappa shape index (κ3) is 3.26. The minimum absolute atomic E-state index is 0.526. The molecule has 0 amide bonds. The molecule has 3 aromatic rings. The van der Waals surface area contributed by atoms with Gasteiger partial charge in [0, 0.05) is 12.2 Å². The van der Waals surface area contributed by atoms with E-state index in [1.165, 1.54) is 5.56 Å². The maximum atomic E-state index is 6.48. The summed E-state index contributed by atoms with van der Waals surface area (Å²) >= 11 is 0. The van der Waals surface area contributed by atoms with Crippen molar-refractivity contribution in [2.45, 2.75) is 19.8 Å². The van der Waals surface area contributed by atoms with E-state index >= 15 is 0 Å². The fraction of sp³-hybridized carbons (Fsp3) is 0.238. The molecule has 2 aromatic carbocycles. The Balaban J connectivity index is 1.72. The van der Waals surface area contributed by atoms with Crippen LogP contribution in [-0.2, 0) is 6.42 Å². The Bertz CT molecular complexity index is 973.